The molecule has 4 heterocycles. The maximum atomic E-state index is 11.7. The van der Waals surface area contributed by atoms with Gasteiger partial charge >= 0.3 is 5.97 Å². The van der Waals surface area contributed by atoms with Crippen LogP contribution in [0.4, 0.5) is 5.69 Å². The van der Waals surface area contributed by atoms with Crippen molar-refractivity contribution in [2.75, 3.05) is 31.7 Å². The monoisotopic (exact) mass is 611 g/mol. The fourth-order valence-electron chi connectivity index (χ4n) is 6.41. The normalized spacial score (nSPS) is 20.1. The van der Waals surface area contributed by atoms with E-state index in [4.69, 9.17) is 19.2 Å². The van der Waals surface area contributed by atoms with E-state index in [-0.39, 0.29) is 29.7 Å². The Morgan fingerprint density at radius 1 is 1.23 bits per heavy atom. The second-order valence-electron chi connectivity index (χ2n) is 12.3. The number of carbonyl (C=O) groups excluding carboxylic acids is 1. The smallest absolute Gasteiger partial charge is 0.302 e. The van der Waals surface area contributed by atoms with Crippen LogP contribution in [0.1, 0.15) is 70.9 Å². The Morgan fingerprint density at radius 3 is 2.62 bits per heavy atom. The number of hydrogen-bond acceptors (Lipinski definition) is 6. The number of esters is 1. The minimum absolute atomic E-state index is 0.152. The molecule has 40 heavy (non-hydrogen) atoms. The zero-order valence-corrected chi connectivity index (χ0v) is 26.4. The molecular weight excluding hydrogens is 570 g/mol. The second kappa shape index (κ2) is 11.5. The molecule has 2 aliphatic rings. The third-order valence-electron chi connectivity index (χ3n) is 8.14. The average molecular weight is 613 g/mol. The van der Waals surface area contributed by atoms with Gasteiger partial charge in [0.1, 0.15) is 0 Å². The number of methoxy groups -OCH3 is 1. The van der Waals surface area contributed by atoms with Gasteiger partial charge in [-0.15, -0.1) is 0 Å². The molecule has 2 aromatic heterocycles. The molecule has 0 saturated carbocycles. The van der Waals surface area contributed by atoms with Crippen molar-refractivity contribution in [3.8, 4) is 11.3 Å². The summed E-state index contributed by atoms with van der Waals surface area (Å²) >= 11 is 3.80. The first-order valence-electron chi connectivity index (χ1n) is 14.4. The van der Waals surface area contributed by atoms with Crippen LogP contribution in [-0.4, -0.2) is 54.5 Å². The third kappa shape index (κ3) is 5.81. The van der Waals surface area contributed by atoms with Gasteiger partial charge in [-0.3, -0.25) is 9.78 Å². The van der Waals surface area contributed by atoms with E-state index in [1.807, 2.05) is 6.20 Å². The van der Waals surface area contributed by atoms with Gasteiger partial charge in [0, 0.05) is 54.5 Å². The second-order valence-corrected chi connectivity index (χ2v) is 13.2. The lowest BCUT2D eigenvalue weighted by Gasteiger charge is -2.37. The molecule has 216 valence electrons. The minimum atomic E-state index is -0.261. The number of ether oxygens (including phenoxy) is 3. The Labute approximate surface area is 246 Å². The van der Waals surface area contributed by atoms with Crippen LogP contribution in [0.2, 0.25) is 0 Å². The Balaban J connectivity index is 1.75. The lowest BCUT2D eigenvalue weighted by atomic mass is 9.84. The van der Waals surface area contributed by atoms with Gasteiger partial charge in [-0.25, -0.2) is 0 Å². The molecular formula is C32H42BrN3O4. The molecule has 5 rings (SSSR count). The topological polar surface area (TPSA) is 65.8 Å². The number of nitrogens with zero attached hydrogens (tertiary/aromatic N) is 3. The van der Waals surface area contributed by atoms with E-state index in [0.29, 0.717) is 6.61 Å². The molecule has 8 heteroatoms. The SMILES string of the molecule is CO[C@@H](C)c1ncc(N2C[C@@H](C)O[C@@H](C)C2)cc1-c1c(CC(C)(C)COC(C)=O)c2cc(Br)cc3c2n1CCC3. The van der Waals surface area contributed by atoms with Crippen molar-refractivity contribution >= 4 is 38.5 Å². The van der Waals surface area contributed by atoms with E-state index < -0.39 is 0 Å². The summed E-state index contributed by atoms with van der Waals surface area (Å²) in [6, 6.07) is 6.83. The van der Waals surface area contributed by atoms with Crippen molar-refractivity contribution in [2.45, 2.75) is 85.7 Å². The van der Waals surface area contributed by atoms with Gasteiger partial charge in [0.05, 0.1) is 53.7 Å². The van der Waals surface area contributed by atoms with Crippen molar-refractivity contribution < 1.29 is 19.0 Å². The number of carbonyl (C=O) groups is 1. The van der Waals surface area contributed by atoms with Crippen LogP contribution in [0.3, 0.4) is 0 Å². The summed E-state index contributed by atoms with van der Waals surface area (Å²) < 4.78 is 21.0. The summed E-state index contributed by atoms with van der Waals surface area (Å²) in [5, 5.41) is 1.25. The molecule has 7 nitrogen and oxygen atoms in total. The van der Waals surface area contributed by atoms with Gasteiger partial charge < -0.3 is 23.7 Å². The molecule has 0 radical (unpaired) electrons. The predicted molar refractivity (Wildman–Crippen MR) is 163 cm³/mol. The molecule has 1 aromatic carbocycles. The molecule has 1 saturated heterocycles. The number of morpholine rings is 1. The molecule has 2 aliphatic heterocycles. The van der Waals surface area contributed by atoms with Crippen molar-refractivity contribution in [3.05, 3.63) is 45.7 Å². The number of aryl methyl sites for hydroxylation is 2. The lowest BCUT2D eigenvalue weighted by Crippen LogP contribution is -2.45. The van der Waals surface area contributed by atoms with Crippen LogP contribution in [0.15, 0.2) is 28.9 Å². The summed E-state index contributed by atoms with van der Waals surface area (Å²) in [6.45, 7) is 15.1. The number of aromatic nitrogens is 2. The van der Waals surface area contributed by atoms with Crippen molar-refractivity contribution in [3.63, 3.8) is 0 Å². The first kappa shape index (κ1) is 29.1. The summed E-state index contributed by atoms with van der Waals surface area (Å²) in [5.41, 5.74) is 8.02. The van der Waals surface area contributed by atoms with E-state index in [1.54, 1.807) is 7.11 Å². The van der Waals surface area contributed by atoms with Crippen molar-refractivity contribution in [2.24, 2.45) is 5.41 Å². The molecule has 0 N–H and O–H groups in total. The zero-order valence-electron chi connectivity index (χ0n) is 24.8. The molecule has 3 aromatic rings. The fraction of sp³-hybridized carbons (Fsp3) is 0.562. The van der Waals surface area contributed by atoms with Crippen LogP contribution in [0, 0.1) is 5.41 Å². The van der Waals surface area contributed by atoms with Gasteiger partial charge in [0.25, 0.3) is 0 Å². The number of halogens is 1. The van der Waals surface area contributed by atoms with Crippen LogP contribution in [0.5, 0.6) is 0 Å². The first-order valence-corrected chi connectivity index (χ1v) is 15.2. The summed E-state index contributed by atoms with van der Waals surface area (Å²) in [4.78, 5) is 19.2. The van der Waals surface area contributed by atoms with E-state index in [1.165, 1.54) is 34.6 Å². The highest BCUT2D eigenvalue weighted by Crippen LogP contribution is 2.45. The number of hydrogen-bond donors (Lipinski definition) is 0. The quantitative estimate of drug-likeness (QED) is 0.259. The Hall–Kier alpha value is -2.42. The molecule has 0 aliphatic carbocycles. The van der Waals surface area contributed by atoms with Crippen LogP contribution >= 0.6 is 15.9 Å². The summed E-state index contributed by atoms with van der Waals surface area (Å²) in [6.07, 6.45) is 5.01. The highest BCUT2D eigenvalue weighted by Gasteiger charge is 2.32. The van der Waals surface area contributed by atoms with E-state index in [0.717, 1.165) is 60.3 Å². The van der Waals surface area contributed by atoms with E-state index in [2.05, 4.69) is 78.2 Å². The van der Waals surface area contributed by atoms with Gasteiger partial charge in [0.2, 0.25) is 0 Å². The minimum Gasteiger partial charge on any atom is -0.465 e. The number of rotatable bonds is 8. The molecule has 3 atom stereocenters. The predicted octanol–water partition coefficient (Wildman–Crippen LogP) is 6.86. The van der Waals surface area contributed by atoms with E-state index in [9.17, 15) is 4.79 Å². The van der Waals surface area contributed by atoms with Gasteiger partial charge in [-0.2, -0.15) is 0 Å². The Bertz CT molecular complexity index is 1410. The molecule has 0 unspecified atom stereocenters. The highest BCUT2D eigenvalue weighted by atomic mass is 79.9. The molecule has 1 fully saturated rings. The molecule has 0 amide bonds. The third-order valence-corrected chi connectivity index (χ3v) is 8.59. The van der Waals surface area contributed by atoms with Crippen molar-refractivity contribution in [1.82, 2.24) is 9.55 Å². The van der Waals surface area contributed by atoms with Gasteiger partial charge in [-0.05, 0) is 69.4 Å². The standard InChI is InChI=1S/C32H42BrN3O4/c1-19-16-35(17-20(2)40-19)25-13-27(29(34-15-25)21(3)38-7)31-28(14-32(5,6)18-39-22(4)37)26-12-24(33)11-23-9-8-10-36(31)30(23)26/h11-13,15,19-21H,8-10,14,16-18H2,1-7H3/t19-,20+,21-/m0/s1. The maximum Gasteiger partial charge on any atom is 0.302 e. The number of pyridine rings is 1. The molecule has 0 bridgehead atoms. The fourth-order valence-corrected chi connectivity index (χ4v) is 6.92. The maximum absolute atomic E-state index is 11.7. The zero-order chi connectivity index (χ0) is 28.8. The number of benzene rings is 1. The summed E-state index contributed by atoms with van der Waals surface area (Å²) in [5.74, 6) is -0.249. The van der Waals surface area contributed by atoms with Gasteiger partial charge in [-0.1, -0.05) is 29.8 Å². The largest absolute Gasteiger partial charge is 0.465 e. The first-order chi connectivity index (χ1) is 19.0. The van der Waals surface area contributed by atoms with Crippen molar-refractivity contribution in [1.29, 1.82) is 0 Å². The lowest BCUT2D eigenvalue weighted by molar-refractivity contribution is -0.143. The highest BCUT2D eigenvalue weighted by molar-refractivity contribution is 9.10. The summed E-state index contributed by atoms with van der Waals surface area (Å²) in [7, 11) is 1.74. The number of anilines is 1. The Morgan fingerprint density at radius 2 is 1.95 bits per heavy atom. The Kier molecular flexibility index (Phi) is 8.33. The van der Waals surface area contributed by atoms with Gasteiger partial charge in [0.15, 0.2) is 0 Å². The van der Waals surface area contributed by atoms with E-state index >= 15 is 0 Å². The van der Waals surface area contributed by atoms with Crippen LogP contribution in [-0.2, 0) is 38.4 Å². The average Bonchev–Trinajstić information content (AvgIpc) is 3.19. The molecule has 0 spiro atoms. The van der Waals surface area contributed by atoms with Crippen LogP contribution in [0.25, 0.3) is 22.2 Å². The van der Waals surface area contributed by atoms with Crippen LogP contribution < -0.4 is 4.90 Å².